The number of thiazole rings is 1. The summed E-state index contributed by atoms with van der Waals surface area (Å²) in [6.45, 7) is 7.50. The van der Waals surface area contributed by atoms with E-state index in [1.807, 2.05) is 54.1 Å². The van der Waals surface area contributed by atoms with E-state index < -0.39 is 0 Å². The van der Waals surface area contributed by atoms with Crippen LogP contribution in [0.15, 0.2) is 55.1 Å². The van der Waals surface area contributed by atoms with Gasteiger partial charge in [0.15, 0.2) is 11.7 Å². The molecule has 0 aliphatic heterocycles. The van der Waals surface area contributed by atoms with Crippen molar-refractivity contribution in [1.29, 1.82) is 0 Å². The molecule has 0 saturated heterocycles. The summed E-state index contributed by atoms with van der Waals surface area (Å²) in [4.78, 5) is 23.8. The van der Waals surface area contributed by atoms with Crippen LogP contribution in [0.25, 0.3) is 10.2 Å². The highest BCUT2D eigenvalue weighted by Gasteiger charge is 2.21. The Kier molecular flexibility index (Phi) is 7.30. The number of halogens is 1. The van der Waals surface area contributed by atoms with E-state index in [0.29, 0.717) is 28.4 Å². The zero-order valence-corrected chi connectivity index (χ0v) is 20.6. The lowest BCUT2D eigenvalue weighted by Gasteiger charge is -2.20. The number of fused-ring (bicyclic) bond motifs is 1. The fourth-order valence-corrected chi connectivity index (χ4v) is 4.90. The molecule has 0 N–H and O–H groups in total. The van der Waals surface area contributed by atoms with Crippen molar-refractivity contribution in [3.05, 3.63) is 71.3 Å². The number of hydrogen-bond acceptors (Lipinski definition) is 5. The van der Waals surface area contributed by atoms with Gasteiger partial charge < -0.3 is 9.30 Å². The molecule has 0 spiro atoms. The van der Waals surface area contributed by atoms with Crippen LogP contribution in [-0.4, -0.2) is 33.6 Å². The van der Waals surface area contributed by atoms with Crippen molar-refractivity contribution in [3.8, 4) is 5.75 Å². The third-order valence-corrected chi connectivity index (χ3v) is 7.02. The Bertz CT molecular complexity index is 1180. The van der Waals surface area contributed by atoms with Crippen LogP contribution in [0.3, 0.4) is 0 Å². The highest BCUT2D eigenvalue weighted by atomic mass is 35.5. The summed E-state index contributed by atoms with van der Waals surface area (Å²) in [6, 6.07) is 11.7. The fraction of sp³-hybridized carbons (Fsp3) is 0.320. The van der Waals surface area contributed by atoms with Crippen molar-refractivity contribution >= 4 is 44.2 Å². The predicted octanol–water partition coefficient (Wildman–Crippen LogP) is 6.08. The van der Waals surface area contributed by atoms with Gasteiger partial charge in [0.25, 0.3) is 5.91 Å². The van der Waals surface area contributed by atoms with Crippen molar-refractivity contribution in [2.45, 2.75) is 39.7 Å². The predicted molar refractivity (Wildman–Crippen MR) is 135 cm³/mol. The van der Waals surface area contributed by atoms with E-state index in [9.17, 15) is 4.79 Å². The lowest BCUT2D eigenvalue weighted by atomic mass is 10.0. The van der Waals surface area contributed by atoms with Crippen molar-refractivity contribution < 1.29 is 9.53 Å². The molecule has 0 atom stereocenters. The maximum atomic E-state index is 13.2. The quantitative estimate of drug-likeness (QED) is 0.290. The summed E-state index contributed by atoms with van der Waals surface area (Å²) < 4.78 is 8.71. The van der Waals surface area contributed by atoms with Gasteiger partial charge >= 0.3 is 0 Å². The van der Waals surface area contributed by atoms with Crippen LogP contribution >= 0.6 is 22.9 Å². The summed E-state index contributed by atoms with van der Waals surface area (Å²) in [5.74, 6) is 0.983. The molecule has 2 heterocycles. The smallest absolute Gasteiger partial charge is 0.266 e. The Balaban J connectivity index is 1.52. The Morgan fingerprint density at radius 2 is 2.00 bits per heavy atom. The second-order valence-electron chi connectivity index (χ2n) is 8.25. The lowest BCUT2D eigenvalue weighted by Crippen LogP contribution is -2.36. The lowest BCUT2D eigenvalue weighted by molar-refractivity contribution is -0.120. The van der Waals surface area contributed by atoms with E-state index in [1.165, 1.54) is 16.9 Å². The number of ether oxygens (including phenoxy) is 1. The van der Waals surface area contributed by atoms with Gasteiger partial charge in [-0.25, -0.2) is 9.97 Å². The molecular formula is C25H27ClN4O2S. The number of carbonyl (C=O) groups excluding carboxylic acids is 1. The number of amides is 1. The first-order valence-electron chi connectivity index (χ1n) is 11.0. The van der Waals surface area contributed by atoms with Gasteiger partial charge in [-0.2, -0.15) is 0 Å². The van der Waals surface area contributed by atoms with Crippen LogP contribution < -0.4 is 9.64 Å². The molecule has 0 fully saturated rings. The van der Waals surface area contributed by atoms with Gasteiger partial charge in [-0.05, 0) is 48.6 Å². The van der Waals surface area contributed by atoms with Gasteiger partial charge in [-0.3, -0.25) is 9.69 Å². The van der Waals surface area contributed by atoms with Gasteiger partial charge in [0.1, 0.15) is 5.75 Å². The molecule has 0 radical (unpaired) electrons. The third-order valence-electron chi connectivity index (χ3n) is 5.48. The summed E-state index contributed by atoms with van der Waals surface area (Å²) in [5, 5.41) is 1.28. The monoisotopic (exact) mass is 482 g/mol. The van der Waals surface area contributed by atoms with Crippen LogP contribution in [0.1, 0.15) is 37.3 Å². The average molecular weight is 483 g/mol. The summed E-state index contributed by atoms with van der Waals surface area (Å²) in [6.07, 6.45) is 6.20. The van der Waals surface area contributed by atoms with Crippen LogP contribution in [0.5, 0.6) is 5.75 Å². The second-order valence-corrected chi connectivity index (χ2v) is 9.64. The number of rotatable bonds is 9. The minimum atomic E-state index is -0.138. The molecule has 0 bridgehead atoms. The SMILES string of the molecule is Cc1ccc(Cl)c2sc(N(CCCn3ccnc3)C(=O)COc3ccc(C(C)C)cc3)nc12. The molecule has 0 unspecified atom stereocenters. The first-order chi connectivity index (χ1) is 15.9. The molecule has 2 aromatic carbocycles. The van der Waals surface area contributed by atoms with Crippen molar-refractivity contribution in [1.82, 2.24) is 14.5 Å². The molecule has 0 aliphatic carbocycles. The standard InChI is InChI=1S/C25H27ClN4O2S/c1-17(2)19-6-8-20(9-7-19)32-15-22(31)30(13-4-12-29-14-11-27-16-29)25-28-23-18(3)5-10-21(26)24(23)33-25/h5-11,14,16-17H,4,12-13,15H2,1-3H3. The summed E-state index contributed by atoms with van der Waals surface area (Å²) in [5.41, 5.74) is 3.10. The highest BCUT2D eigenvalue weighted by molar-refractivity contribution is 7.23. The first-order valence-corrected chi connectivity index (χ1v) is 12.2. The van der Waals surface area contributed by atoms with Gasteiger partial charge in [-0.15, -0.1) is 0 Å². The Hall–Kier alpha value is -2.90. The Morgan fingerprint density at radius 3 is 2.67 bits per heavy atom. The number of carbonyl (C=O) groups is 1. The molecule has 6 nitrogen and oxygen atoms in total. The van der Waals surface area contributed by atoms with Crippen LogP contribution in [0, 0.1) is 6.92 Å². The molecule has 0 aliphatic rings. The molecular weight excluding hydrogens is 456 g/mol. The highest BCUT2D eigenvalue weighted by Crippen LogP contribution is 2.35. The minimum absolute atomic E-state index is 0.0608. The van der Waals surface area contributed by atoms with Crippen molar-refractivity contribution in [2.75, 3.05) is 18.1 Å². The maximum absolute atomic E-state index is 13.2. The largest absolute Gasteiger partial charge is 0.484 e. The molecule has 4 rings (SSSR count). The average Bonchev–Trinajstić information content (AvgIpc) is 3.49. The van der Waals surface area contributed by atoms with Crippen molar-refractivity contribution in [2.24, 2.45) is 0 Å². The molecule has 0 saturated carbocycles. The third kappa shape index (κ3) is 5.54. The number of nitrogens with zero attached hydrogens (tertiary/aromatic N) is 4. The molecule has 1 amide bonds. The zero-order valence-electron chi connectivity index (χ0n) is 19.0. The normalized spacial score (nSPS) is 11.3. The number of benzene rings is 2. The number of aryl methyl sites for hydroxylation is 2. The number of aromatic nitrogens is 3. The van der Waals surface area contributed by atoms with E-state index in [-0.39, 0.29) is 12.5 Å². The second kappa shape index (κ2) is 10.4. The van der Waals surface area contributed by atoms with Crippen molar-refractivity contribution in [3.63, 3.8) is 0 Å². The zero-order chi connectivity index (χ0) is 23.4. The molecule has 33 heavy (non-hydrogen) atoms. The van der Waals surface area contributed by atoms with E-state index >= 15 is 0 Å². The van der Waals surface area contributed by atoms with Gasteiger partial charge in [-0.1, -0.05) is 55.0 Å². The van der Waals surface area contributed by atoms with Gasteiger partial charge in [0.2, 0.25) is 0 Å². The van der Waals surface area contributed by atoms with E-state index in [0.717, 1.165) is 28.7 Å². The number of hydrogen-bond donors (Lipinski definition) is 0. The Labute approximate surface area is 202 Å². The molecule has 2 aromatic heterocycles. The van der Waals surface area contributed by atoms with Gasteiger partial charge in [0.05, 0.1) is 21.6 Å². The van der Waals surface area contributed by atoms with Gasteiger partial charge in [0, 0.05) is 25.5 Å². The summed E-state index contributed by atoms with van der Waals surface area (Å²) >= 11 is 7.84. The minimum Gasteiger partial charge on any atom is -0.484 e. The topological polar surface area (TPSA) is 60.2 Å². The summed E-state index contributed by atoms with van der Waals surface area (Å²) in [7, 11) is 0. The van der Waals surface area contributed by atoms with Crippen LogP contribution in [0.4, 0.5) is 5.13 Å². The van der Waals surface area contributed by atoms with Crippen LogP contribution in [0.2, 0.25) is 5.02 Å². The van der Waals surface area contributed by atoms with E-state index in [4.69, 9.17) is 21.3 Å². The maximum Gasteiger partial charge on any atom is 0.266 e. The molecule has 4 aromatic rings. The molecule has 8 heteroatoms. The number of imidazole rings is 1. The fourth-order valence-electron chi connectivity index (χ4n) is 3.54. The number of anilines is 1. The van der Waals surface area contributed by atoms with E-state index in [2.05, 4.69) is 18.8 Å². The first kappa shape index (κ1) is 23.3. The molecule has 172 valence electrons. The van der Waals surface area contributed by atoms with E-state index in [1.54, 1.807) is 17.4 Å². The Morgan fingerprint density at radius 1 is 1.21 bits per heavy atom. The van der Waals surface area contributed by atoms with Crippen LogP contribution in [-0.2, 0) is 11.3 Å².